The van der Waals surface area contributed by atoms with Crippen LogP contribution in [0.1, 0.15) is 38.3 Å². The van der Waals surface area contributed by atoms with Crippen LogP contribution in [-0.2, 0) is 22.6 Å². The number of nitrogens with zero attached hydrogens (tertiary/aromatic N) is 1. The van der Waals surface area contributed by atoms with Crippen molar-refractivity contribution in [2.75, 3.05) is 6.54 Å². The maximum Gasteiger partial charge on any atom is 0.242 e. The lowest BCUT2D eigenvalue weighted by molar-refractivity contribution is -0.140. The summed E-state index contributed by atoms with van der Waals surface area (Å²) < 4.78 is 0. The Labute approximate surface area is 193 Å². The Balaban J connectivity index is 2.22. The number of halogens is 3. The lowest BCUT2D eigenvalue weighted by Gasteiger charge is -2.29. The quantitative estimate of drug-likeness (QED) is 0.507. The highest BCUT2D eigenvalue weighted by Crippen LogP contribution is 2.27. The van der Waals surface area contributed by atoms with Crippen LogP contribution in [0.2, 0.25) is 15.1 Å². The van der Waals surface area contributed by atoms with E-state index in [4.69, 9.17) is 34.8 Å². The molecule has 0 heterocycles. The van der Waals surface area contributed by atoms with Crippen molar-refractivity contribution in [3.8, 4) is 0 Å². The molecule has 1 N–H and O–H groups in total. The van der Waals surface area contributed by atoms with Crippen LogP contribution in [0.25, 0.3) is 0 Å². The molecular weight excluding hydrogens is 443 g/mol. The summed E-state index contributed by atoms with van der Waals surface area (Å²) >= 11 is 18.9. The molecule has 0 spiro atoms. The molecule has 7 heteroatoms. The third kappa shape index (κ3) is 6.90. The number of amides is 2. The van der Waals surface area contributed by atoms with Crippen LogP contribution < -0.4 is 5.32 Å². The van der Waals surface area contributed by atoms with E-state index in [0.717, 1.165) is 5.56 Å². The fraction of sp³-hybridized carbons (Fsp3) is 0.391. The SMILES string of the molecule is CC(C)CNC(=O)[C@@H](C)N(Cc1c(Cl)cccc1Cl)C(=O)CCc1ccccc1Cl. The fourth-order valence-electron chi connectivity index (χ4n) is 2.98. The zero-order chi connectivity index (χ0) is 22.3. The predicted octanol–water partition coefficient (Wildman–Crippen LogP) is 5.77. The first-order valence-electron chi connectivity index (χ1n) is 9.94. The minimum absolute atomic E-state index is 0.149. The molecule has 0 aliphatic carbocycles. The molecule has 0 fully saturated rings. The molecule has 4 nitrogen and oxygen atoms in total. The molecular formula is C23H27Cl3N2O2. The van der Waals surface area contributed by atoms with Crippen molar-refractivity contribution in [2.45, 2.75) is 46.2 Å². The van der Waals surface area contributed by atoms with Crippen molar-refractivity contribution in [3.05, 3.63) is 68.7 Å². The Morgan fingerprint density at radius 2 is 1.53 bits per heavy atom. The molecule has 2 rings (SSSR count). The predicted molar refractivity (Wildman–Crippen MR) is 124 cm³/mol. The average molecular weight is 470 g/mol. The van der Waals surface area contributed by atoms with Gasteiger partial charge in [0.25, 0.3) is 0 Å². The maximum absolute atomic E-state index is 13.2. The Morgan fingerprint density at radius 1 is 0.933 bits per heavy atom. The number of carbonyl (C=O) groups excluding carboxylic acids is 2. The molecule has 0 bridgehead atoms. The van der Waals surface area contributed by atoms with Crippen LogP contribution in [0.3, 0.4) is 0 Å². The van der Waals surface area contributed by atoms with Crippen molar-refractivity contribution in [3.63, 3.8) is 0 Å². The van der Waals surface area contributed by atoms with E-state index in [1.807, 2.05) is 32.0 Å². The Hall–Kier alpha value is -1.75. The highest BCUT2D eigenvalue weighted by molar-refractivity contribution is 6.36. The summed E-state index contributed by atoms with van der Waals surface area (Å²) in [5.41, 5.74) is 1.51. The second-order valence-electron chi connectivity index (χ2n) is 7.63. The van der Waals surface area contributed by atoms with E-state index in [-0.39, 0.29) is 24.8 Å². The van der Waals surface area contributed by atoms with Gasteiger partial charge in [-0.3, -0.25) is 9.59 Å². The van der Waals surface area contributed by atoms with Crippen LogP contribution in [0, 0.1) is 5.92 Å². The van der Waals surface area contributed by atoms with E-state index >= 15 is 0 Å². The number of hydrogen-bond donors (Lipinski definition) is 1. The fourth-order valence-corrected chi connectivity index (χ4v) is 3.72. The van der Waals surface area contributed by atoms with Gasteiger partial charge in [0.05, 0.1) is 0 Å². The molecule has 162 valence electrons. The molecule has 30 heavy (non-hydrogen) atoms. The van der Waals surface area contributed by atoms with Gasteiger partial charge in [0.1, 0.15) is 6.04 Å². The van der Waals surface area contributed by atoms with Gasteiger partial charge >= 0.3 is 0 Å². The van der Waals surface area contributed by atoms with Crippen molar-refractivity contribution in [1.82, 2.24) is 10.2 Å². The number of nitrogens with one attached hydrogen (secondary N) is 1. The van der Waals surface area contributed by atoms with Crippen LogP contribution in [0.5, 0.6) is 0 Å². The lowest BCUT2D eigenvalue weighted by atomic mass is 10.1. The summed E-state index contributed by atoms with van der Waals surface area (Å²) in [7, 11) is 0. The van der Waals surface area contributed by atoms with Crippen molar-refractivity contribution >= 4 is 46.6 Å². The smallest absolute Gasteiger partial charge is 0.242 e. The molecule has 2 amide bonds. The van der Waals surface area contributed by atoms with Gasteiger partial charge in [0, 0.05) is 40.1 Å². The highest BCUT2D eigenvalue weighted by Gasteiger charge is 2.27. The topological polar surface area (TPSA) is 49.4 Å². The summed E-state index contributed by atoms with van der Waals surface area (Å²) in [6.07, 6.45) is 0.694. The molecule has 2 aromatic carbocycles. The molecule has 0 radical (unpaired) electrons. The molecule has 0 saturated carbocycles. The number of hydrogen-bond acceptors (Lipinski definition) is 2. The van der Waals surface area contributed by atoms with Crippen LogP contribution in [0.4, 0.5) is 0 Å². The Morgan fingerprint density at radius 3 is 2.13 bits per heavy atom. The maximum atomic E-state index is 13.2. The van der Waals surface area contributed by atoms with Crippen molar-refractivity contribution in [1.29, 1.82) is 0 Å². The van der Waals surface area contributed by atoms with E-state index < -0.39 is 6.04 Å². The monoisotopic (exact) mass is 468 g/mol. The summed E-state index contributed by atoms with van der Waals surface area (Å²) in [6, 6.07) is 11.9. The molecule has 0 aromatic heterocycles. The van der Waals surface area contributed by atoms with Crippen molar-refractivity contribution in [2.24, 2.45) is 5.92 Å². The molecule has 0 aliphatic heterocycles. The number of aryl methyl sites for hydroxylation is 1. The minimum atomic E-state index is -0.671. The van der Waals surface area contributed by atoms with E-state index in [0.29, 0.717) is 39.5 Å². The summed E-state index contributed by atoms with van der Waals surface area (Å²) in [4.78, 5) is 27.4. The standard InChI is InChI=1S/C23H27Cl3N2O2/c1-15(2)13-27-23(30)16(3)28(14-18-20(25)9-6-10-21(18)26)22(29)12-11-17-7-4-5-8-19(17)24/h4-10,15-16H,11-14H2,1-3H3,(H,27,30)/t16-/m1/s1. The number of carbonyl (C=O) groups is 2. The van der Waals surface area contributed by atoms with Crippen molar-refractivity contribution < 1.29 is 9.59 Å². The number of benzene rings is 2. The van der Waals surface area contributed by atoms with Gasteiger partial charge in [-0.25, -0.2) is 0 Å². The molecule has 0 aliphatic rings. The Bertz CT molecular complexity index is 866. The van der Waals surface area contributed by atoms with Crippen LogP contribution in [-0.4, -0.2) is 29.3 Å². The molecule has 2 aromatic rings. The van der Waals surface area contributed by atoms with Crippen LogP contribution in [0.15, 0.2) is 42.5 Å². The zero-order valence-corrected chi connectivity index (χ0v) is 19.7. The first-order valence-corrected chi connectivity index (χ1v) is 11.1. The molecule has 0 unspecified atom stereocenters. The van der Waals surface area contributed by atoms with Gasteiger partial charge < -0.3 is 10.2 Å². The van der Waals surface area contributed by atoms with Crippen LogP contribution >= 0.6 is 34.8 Å². The minimum Gasteiger partial charge on any atom is -0.354 e. The van der Waals surface area contributed by atoms with E-state index in [1.54, 1.807) is 31.2 Å². The van der Waals surface area contributed by atoms with Gasteiger partial charge in [0.15, 0.2) is 0 Å². The normalized spacial score (nSPS) is 12.0. The summed E-state index contributed by atoms with van der Waals surface area (Å²) in [5.74, 6) is -0.0698. The second-order valence-corrected chi connectivity index (χ2v) is 8.85. The third-order valence-corrected chi connectivity index (χ3v) is 5.88. The molecule has 0 saturated heterocycles. The molecule has 1 atom stereocenters. The van der Waals surface area contributed by atoms with E-state index in [2.05, 4.69) is 5.32 Å². The van der Waals surface area contributed by atoms with E-state index in [9.17, 15) is 9.59 Å². The largest absolute Gasteiger partial charge is 0.354 e. The zero-order valence-electron chi connectivity index (χ0n) is 17.4. The third-order valence-electron chi connectivity index (χ3n) is 4.81. The lowest BCUT2D eigenvalue weighted by Crippen LogP contribution is -2.48. The van der Waals surface area contributed by atoms with E-state index in [1.165, 1.54) is 4.90 Å². The highest BCUT2D eigenvalue weighted by atomic mass is 35.5. The van der Waals surface area contributed by atoms with Gasteiger partial charge in [-0.05, 0) is 43.0 Å². The first-order chi connectivity index (χ1) is 14.2. The van der Waals surface area contributed by atoms with Gasteiger partial charge in [0.2, 0.25) is 11.8 Å². The first kappa shape index (κ1) is 24.5. The van der Waals surface area contributed by atoms with Gasteiger partial charge in [-0.1, -0.05) is 72.9 Å². The summed E-state index contributed by atoms with van der Waals surface area (Å²) in [6.45, 7) is 6.43. The van der Waals surface area contributed by atoms with Gasteiger partial charge in [-0.2, -0.15) is 0 Å². The summed E-state index contributed by atoms with van der Waals surface area (Å²) in [5, 5.41) is 4.43. The second kappa shape index (κ2) is 11.6. The van der Waals surface area contributed by atoms with Gasteiger partial charge in [-0.15, -0.1) is 0 Å². The Kier molecular flexibility index (Phi) is 9.47. The number of rotatable bonds is 9. The average Bonchev–Trinajstić information content (AvgIpc) is 2.70.